The molecule has 4 aromatic rings. The molecule has 0 aliphatic carbocycles. The number of halogens is 1. The average Bonchev–Trinajstić information content (AvgIpc) is 2.83. The lowest BCUT2D eigenvalue weighted by Crippen LogP contribution is -2.21. The topological polar surface area (TPSA) is 55.4 Å². The van der Waals surface area contributed by atoms with E-state index in [9.17, 15) is 9.59 Å². The SMILES string of the molecule is O=C(COC(=O)CSc1cccc2cccc(Cl)c12)Nc1ccccc1Sc1ccccc1. The summed E-state index contributed by atoms with van der Waals surface area (Å²) in [5.41, 5.74) is 0.673. The first-order chi connectivity index (χ1) is 16.1. The van der Waals surface area contributed by atoms with Crippen molar-refractivity contribution in [2.75, 3.05) is 17.7 Å². The first-order valence-corrected chi connectivity index (χ1v) is 12.4. The number of esters is 1. The van der Waals surface area contributed by atoms with Gasteiger partial charge in [-0.1, -0.05) is 78.0 Å². The van der Waals surface area contributed by atoms with Crippen molar-refractivity contribution < 1.29 is 14.3 Å². The molecule has 1 N–H and O–H groups in total. The summed E-state index contributed by atoms with van der Waals surface area (Å²) in [6, 6.07) is 28.9. The highest BCUT2D eigenvalue weighted by atomic mass is 35.5. The number of carbonyl (C=O) groups is 2. The van der Waals surface area contributed by atoms with Crippen LogP contribution in [-0.2, 0) is 14.3 Å². The number of benzene rings is 4. The average molecular weight is 494 g/mol. The summed E-state index contributed by atoms with van der Waals surface area (Å²) in [5.74, 6) is -0.772. The van der Waals surface area contributed by atoms with E-state index < -0.39 is 5.97 Å². The van der Waals surface area contributed by atoms with Crippen molar-refractivity contribution in [3.8, 4) is 0 Å². The van der Waals surface area contributed by atoms with Gasteiger partial charge in [0.25, 0.3) is 5.91 Å². The molecule has 0 unspecified atom stereocenters. The molecule has 0 bridgehead atoms. The first kappa shape index (κ1) is 23.2. The maximum Gasteiger partial charge on any atom is 0.316 e. The second-order valence-corrected chi connectivity index (χ2v) is 9.54. The molecular formula is C26H20ClNO3S2. The van der Waals surface area contributed by atoms with Gasteiger partial charge in [-0.2, -0.15) is 0 Å². The van der Waals surface area contributed by atoms with E-state index in [4.69, 9.17) is 16.3 Å². The van der Waals surface area contributed by atoms with E-state index in [1.54, 1.807) is 11.8 Å². The van der Waals surface area contributed by atoms with Crippen LogP contribution in [0.25, 0.3) is 10.8 Å². The van der Waals surface area contributed by atoms with Crippen LogP contribution in [0.5, 0.6) is 0 Å². The van der Waals surface area contributed by atoms with Gasteiger partial charge in [0.15, 0.2) is 6.61 Å². The highest BCUT2D eigenvalue weighted by Gasteiger charge is 2.13. The third-order valence-electron chi connectivity index (χ3n) is 4.66. The number of fused-ring (bicyclic) bond motifs is 1. The number of hydrogen-bond acceptors (Lipinski definition) is 5. The third kappa shape index (κ3) is 6.32. The molecule has 0 radical (unpaired) electrons. The molecule has 0 aliphatic heterocycles. The summed E-state index contributed by atoms with van der Waals surface area (Å²) in [5, 5.41) is 5.38. The zero-order valence-corrected chi connectivity index (χ0v) is 19.9. The Balaban J connectivity index is 1.31. The summed E-state index contributed by atoms with van der Waals surface area (Å²) in [6.45, 7) is -0.347. The number of para-hydroxylation sites is 1. The third-order valence-corrected chi connectivity index (χ3v) is 7.09. The van der Waals surface area contributed by atoms with E-state index in [0.29, 0.717) is 10.7 Å². The normalized spacial score (nSPS) is 10.7. The zero-order valence-electron chi connectivity index (χ0n) is 17.5. The fourth-order valence-electron chi connectivity index (χ4n) is 3.17. The Kier molecular flexibility index (Phi) is 7.94. The predicted molar refractivity (Wildman–Crippen MR) is 136 cm³/mol. The molecule has 33 heavy (non-hydrogen) atoms. The molecule has 0 fully saturated rings. The minimum Gasteiger partial charge on any atom is -0.455 e. The molecule has 0 heterocycles. The largest absolute Gasteiger partial charge is 0.455 e. The molecule has 0 saturated heterocycles. The van der Waals surface area contributed by atoms with Crippen molar-refractivity contribution in [2.45, 2.75) is 14.7 Å². The van der Waals surface area contributed by atoms with Crippen molar-refractivity contribution in [2.24, 2.45) is 0 Å². The molecule has 166 valence electrons. The van der Waals surface area contributed by atoms with Crippen molar-refractivity contribution in [1.82, 2.24) is 0 Å². The number of anilines is 1. The van der Waals surface area contributed by atoms with Crippen molar-refractivity contribution in [3.63, 3.8) is 0 Å². The van der Waals surface area contributed by atoms with Gasteiger partial charge in [-0.05, 0) is 41.8 Å². The second-order valence-electron chi connectivity index (χ2n) is 7.00. The van der Waals surface area contributed by atoms with Crippen LogP contribution in [0.4, 0.5) is 5.69 Å². The van der Waals surface area contributed by atoms with Crippen molar-refractivity contribution in [1.29, 1.82) is 0 Å². The molecular weight excluding hydrogens is 474 g/mol. The van der Waals surface area contributed by atoms with Gasteiger partial charge in [0.2, 0.25) is 0 Å². The highest BCUT2D eigenvalue weighted by molar-refractivity contribution is 8.00. The number of rotatable bonds is 8. The Morgan fingerprint density at radius 1 is 0.818 bits per heavy atom. The molecule has 0 atom stereocenters. The van der Waals surface area contributed by atoms with Crippen LogP contribution in [0.15, 0.2) is 106 Å². The van der Waals surface area contributed by atoms with Crippen molar-refractivity contribution >= 4 is 63.5 Å². The molecule has 0 aliphatic rings. The van der Waals surface area contributed by atoms with E-state index in [1.807, 2.05) is 91.0 Å². The van der Waals surface area contributed by atoms with Gasteiger partial charge in [-0.15, -0.1) is 11.8 Å². The maximum absolute atomic E-state index is 12.4. The summed E-state index contributed by atoms with van der Waals surface area (Å²) in [4.78, 5) is 27.5. The Morgan fingerprint density at radius 2 is 1.52 bits per heavy atom. The van der Waals surface area contributed by atoms with E-state index >= 15 is 0 Å². The van der Waals surface area contributed by atoms with Gasteiger partial charge in [-0.3, -0.25) is 9.59 Å². The highest BCUT2D eigenvalue weighted by Crippen LogP contribution is 2.34. The molecule has 7 heteroatoms. The van der Waals surface area contributed by atoms with Gasteiger partial charge < -0.3 is 10.1 Å². The standard InChI is InChI=1S/C26H20ClNO3S2/c27-20-12-6-8-18-9-7-15-23(26(18)20)32-17-25(30)31-16-24(29)28-21-13-4-5-14-22(21)33-19-10-2-1-3-11-19/h1-15H,16-17H2,(H,28,29). The van der Waals surface area contributed by atoms with Gasteiger partial charge in [-0.25, -0.2) is 0 Å². The fourth-order valence-corrected chi connectivity index (χ4v) is 5.33. The second kappa shape index (κ2) is 11.3. The van der Waals surface area contributed by atoms with Gasteiger partial charge in [0.05, 0.1) is 11.4 Å². The van der Waals surface area contributed by atoms with E-state index in [2.05, 4.69) is 5.32 Å². The van der Waals surface area contributed by atoms with Gasteiger partial charge >= 0.3 is 5.97 Å². The Hall–Kier alpha value is -2.93. The summed E-state index contributed by atoms with van der Waals surface area (Å²) >= 11 is 9.23. The summed E-state index contributed by atoms with van der Waals surface area (Å²) in [7, 11) is 0. The number of ether oxygens (including phenoxy) is 1. The lowest BCUT2D eigenvalue weighted by Gasteiger charge is -2.11. The van der Waals surface area contributed by atoms with Gasteiger partial charge in [0, 0.05) is 25.1 Å². The fraction of sp³-hybridized carbons (Fsp3) is 0.0769. The Bertz CT molecular complexity index is 1280. The van der Waals surface area contributed by atoms with Crippen LogP contribution in [-0.4, -0.2) is 24.2 Å². The number of amides is 1. The van der Waals surface area contributed by atoms with Crippen LogP contribution in [0.1, 0.15) is 0 Å². The lowest BCUT2D eigenvalue weighted by atomic mass is 10.1. The predicted octanol–water partition coefficient (Wildman–Crippen LogP) is 6.92. The van der Waals surface area contributed by atoms with E-state index in [0.717, 1.165) is 25.5 Å². The van der Waals surface area contributed by atoms with Crippen LogP contribution in [0.2, 0.25) is 5.02 Å². The summed E-state index contributed by atoms with van der Waals surface area (Å²) in [6.07, 6.45) is 0. The monoisotopic (exact) mass is 493 g/mol. The van der Waals surface area contributed by atoms with Crippen molar-refractivity contribution in [3.05, 3.63) is 96.0 Å². The zero-order chi connectivity index (χ0) is 23.0. The number of nitrogens with one attached hydrogen (secondary N) is 1. The Labute approximate surface area is 205 Å². The minimum absolute atomic E-state index is 0.0814. The molecule has 0 saturated carbocycles. The summed E-state index contributed by atoms with van der Waals surface area (Å²) < 4.78 is 5.19. The lowest BCUT2D eigenvalue weighted by molar-refractivity contribution is -0.144. The molecule has 4 nitrogen and oxygen atoms in total. The minimum atomic E-state index is -0.467. The Morgan fingerprint density at radius 3 is 2.33 bits per heavy atom. The van der Waals surface area contributed by atoms with E-state index in [-0.39, 0.29) is 18.3 Å². The molecule has 4 rings (SSSR count). The number of thioether (sulfide) groups is 1. The number of carbonyl (C=O) groups excluding carboxylic acids is 2. The van der Waals surface area contributed by atoms with Crippen LogP contribution in [0, 0.1) is 0 Å². The van der Waals surface area contributed by atoms with Crippen LogP contribution in [0.3, 0.4) is 0 Å². The smallest absolute Gasteiger partial charge is 0.316 e. The molecule has 4 aromatic carbocycles. The molecule has 0 spiro atoms. The first-order valence-electron chi connectivity index (χ1n) is 10.2. The number of hydrogen-bond donors (Lipinski definition) is 1. The van der Waals surface area contributed by atoms with Gasteiger partial charge in [0.1, 0.15) is 0 Å². The van der Waals surface area contributed by atoms with Crippen LogP contribution < -0.4 is 5.32 Å². The quantitative estimate of drug-likeness (QED) is 0.213. The van der Waals surface area contributed by atoms with Crippen LogP contribution >= 0.6 is 35.1 Å². The van der Waals surface area contributed by atoms with E-state index in [1.165, 1.54) is 11.8 Å². The maximum atomic E-state index is 12.4. The molecule has 1 amide bonds. The molecule has 0 aromatic heterocycles.